The van der Waals surface area contributed by atoms with Gasteiger partial charge in [0.2, 0.25) is 0 Å². The molecule has 1 aromatic heterocycles. The third kappa shape index (κ3) is 3.59. The summed E-state index contributed by atoms with van der Waals surface area (Å²) >= 11 is 0. The van der Waals surface area contributed by atoms with E-state index in [-0.39, 0.29) is 31.1 Å². The van der Waals surface area contributed by atoms with E-state index in [1.807, 2.05) is 30.3 Å². The fraction of sp³-hybridized carbons (Fsp3) is 0.438. The summed E-state index contributed by atoms with van der Waals surface area (Å²) in [4.78, 5) is 10.1. The van der Waals surface area contributed by atoms with Gasteiger partial charge in [0.25, 0.3) is 5.92 Å². The van der Waals surface area contributed by atoms with Gasteiger partial charge in [-0.1, -0.05) is 30.3 Å². The Morgan fingerprint density at radius 2 is 2.12 bits per heavy atom. The molecular weight excluding hydrogens is 320 g/mol. The zero-order valence-electron chi connectivity index (χ0n) is 12.8. The Balaban J connectivity index is 1.68. The Morgan fingerprint density at radius 3 is 2.79 bits per heavy atom. The van der Waals surface area contributed by atoms with Crippen molar-refractivity contribution in [1.82, 2.24) is 9.78 Å². The van der Waals surface area contributed by atoms with Crippen molar-refractivity contribution in [1.29, 1.82) is 0 Å². The summed E-state index contributed by atoms with van der Waals surface area (Å²) in [5, 5.41) is 14.5. The molecule has 0 saturated heterocycles. The van der Waals surface area contributed by atoms with Crippen LogP contribution < -0.4 is 0 Å². The van der Waals surface area contributed by atoms with Gasteiger partial charge in [0.15, 0.2) is 0 Å². The van der Waals surface area contributed by atoms with E-state index in [4.69, 9.17) is 4.74 Å². The lowest BCUT2D eigenvalue weighted by Gasteiger charge is -2.35. The van der Waals surface area contributed by atoms with Crippen molar-refractivity contribution < 1.29 is 18.4 Å². The molecular formula is C16H17F2N3O3. The highest BCUT2D eigenvalue weighted by atomic mass is 19.3. The number of halogens is 2. The van der Waals surface area contributed by atoms with E-state index >= 15 is 0 Å². The number of ether oxygens (including phenoxy) is 1. The first-order valence-electron chi connectivity index (χ1n) is 7.67. The topological polar surface area (TPSA) is 70.2 Å². The van der Waals surface area contributed by atoms with Crippen LogP contribution in [0.3, 0.4) is 0 Å². The molecule has 0 radical (unpaired) electrons. The lowest BCUT2D eigenvalue weighted by Crippen LogP contribution is -2.40. The van der Waals surface area contributed by atoms with Gasteiger partial charge in [-0.05, 0) is 12.0 Å². The second-order valence-corrected chi connectivity index (χ2v) is 5.91. The highest BCUT2D eigenvalue weighted by molar-refractivity contribution is 5.21. The number of nitro groups is 1. The molecule has 24 heavy (non-hydrogen) atoms. The minimum atomic E-state index is -2.97. The third-order valence-corrected chi connectivity index (χ3v) is 4.22. The van der Waals surface area contributed by atoms with Gasteiger partial charge >= 0.3 is 5.69 Å². The monoisotopic (exact) mass is 337 g/mol. The highest BCUT2D eigenvalue weighted by Gasteiger charge is 2.46. The lowest BCUT2D eigenvalue weighted by molar-refractivity contribution is -0.385. The number of rotatable bonds is 5. The fourth-order valence-corrected chi connectivity index (χ4v) is 2.89. The summed E-state index contributed by atoms with van der Waals surface area (Å²) in [5.41, 5.74) is 0.680. The molecule has 0 spiro atoms. The lowest BCUT2D eigenvalue weighted by atomic mass is 9.89. The van der Waals surface area contributed by atoms with Gasteiger partial charge in [0.1, 0.15) is 18.4 Å². The van der Waals surface area contributed by atoms with Crippen LogP contribution in [0.25, 0.3) is 0 Å². The second-order valence-electron chi connectivity index (χ2n) is 5.91. The average molecular weight is 337 g/mol. The molecule has 1 aliphatic rings. The number of hydrogen-bond donors (Lipinski definition) is 0. The van der Waals surface area contributed by atoms with E-state index in [2.05, 4.69) is 5.10 Å². The van der Waals surface area contributed by atoms with E-state index in [0.29, 0.717) is 6.61 Å². The van der Waals surface area contributed by atoms with Crippen LogP contribution in [0.5, 0.6) is 0 Å². The minimum absolute atomic E-state index is 0.0681. The molecule has 1 heterocycles. The summed E-state index contributed by atoms with van der Waals surface area (Å²) in [5.74, 6) is -2.97. The van der Waals surface area contributed by atoms with Gasteiger partial charge in [-0.15, -0.1) is 0 Å². The number of alkyl halides is 2. The maximum atomic E-state index is 14.2. The Labute approximate surface area is 137 Å². The Kier molecular flexibility index (Phi) is 4.57. The molecule has 128 valence electrons. The van der Waals surface area contributed by atoms with Crippen LogP contribution in [-0.4, -0.2) is 26.7 Å². The largest absolute Gasteiger partial charge is 0.373 e. The van der Waals surface area contributed by atoms with Gasteiger partial charge in [-0.2, -0.15) is 5.10 Å². The second kappa shape index (κ2) is 6.64. The zero-order chi connectivity index (χ0) is 17.2. The molecule has 0 amide bonds. The first-order chi connectivity index (χ1) is 11.5. The number of aromatic nitrogens is 2. The summed E-state index contributed by atoms with van der Waals surface area (Å²) < 4.78 is 35.2. The predicted octanol–water partition coefficient (Wildman–Crippen LogP) is 3.74. The van der Waals surface area contributed by atoms with Crippen LogP contribution in [0.1, 0.15) is 30.9 Å². The van der Waals surface area contributed by atoms with E-state index in [0.717, 1.165) is 22.6 Å². The molecule has 1 fully saturated rings. The average Bonchev–Trinajstić information content (AvgIpc) is 3.04. The molecule has 2 aromatic rings. The molecule has 0 bridgehead atoms. The first kappa shape index (κ1) is 16.5. The first-order valence-corrected chi connectivity index (χ1v) is 7.67. The summed E-state index contributed by atoms with van der Waals surface area (Å²) in [6.07, 6.45) is 1.70. The molecule has 1 aliphatic carbocycles. The maximum absolute atomic E-state index is 14.2. The standard InChI is InChI=1S/C16H17F2N3O3/c17-16(18)7-6-14(24-11-12-4-2-1-3-5-12)8-15(16)20-10-13(9-19-20)21(22)23/h1-5,9-10,14-15H,6-8,11H2/t14-,15+/m1/s1. The van der Waals surface area contributed by atoms with Gasteiger partial charge in [0.05, 0.1) is 17.6 Å². The van der Waals surface area contributed by atoms with Crippen molar-refractivity contribution >= 4 is 5.69 Å². The van der Waals surface area contributed by atoms with Gasteiger partial charge in [-0.3, -0.25) is 14.8 Å². The maximum Gasteiger partial charge on any atom is 0.307 e. The van der Waals surface area contributed by atoms with Gasteiger partial charge in [-0.25, -0.2) is 8.78 Å². The van der Waals surface area contributed by atoms with Crippen LogP contribution >= 0.6 is 0 Å². The molecule has 2 atom stereocenters. The summed E-state index contributed by atoms with van der Waals surface area (Å²) in [7, 11) is 0. The minimum Gasteiger partial charge on any atom is -0.373 e. The summed E-state index contributed by atoms with van der Waals surface area (Å²) in [6.45, 7) is 0.350. The Hall–Kier alpha value is -2.35. The van der Waals surface area contributed by atoms with Crippen molar-refractivity contribution in [3.63, 3.8) is 0 Å². The van der Waals surface area contributed by atoms with Gasteiger partial charge in [0, 0.05) is 12.8 Å². The van der Waals surface area contributed by atoms with Crippen LogP contribution in [0, 0.1) is 10.1 Å². The van der Waals surface area contributed by atoms with E-state index < -0.39 is 16.9 Å². The van der Waals surface area contributed by atoms with E-state index in [1.54, 1.807) is 0 Å². The molecule has 6 nitrogen and oxygen atoms in total. The molecule has 1 aromatic carbocycles. The predicted molar refractivity (Wildman–Crippen MR) is 81.7 cm³/mol. The Bertz CT molecular complexity index is 706. The zero-order valence-corrected chi connectivity index (χ0v) is 12.8. The van der Waals surface area contributed by atoms with E-state index in [1.165, 1.54) is 0 Å². The van der Waals surface area contributed by atoms with Crippen molar-refractivity contribution in [3.8, 4) is 0 Å². The molecule has 0 unspecified atom stereocenters. The van der Waals surface area contributed by atoms with Crippen LogP contribution in [0.4, 0.5) is 14.5 Å². The number of nitrogens with zero attached hydrogens (tertiary/aromatic N) is 3. The van der Waals surface area contributed by atoms with Gasteiger partial charge < -0.3 is 4.74 Å². The van der Waals surface area contributed by atoms with E-state index in [9.17, 15) is 18.9 Å². The molecule has 0 N–H and O–H groups in total. The van der Waals surface area contributed by atoms with Crippen molar-refractivity contribution in [3.05, 3.63) is 58.4 Å². The Morgan fingerprint density at radius 1 is 1.38 bits per heavy atom. The molecule has 1 saturated carbocycles. The van der Waals surface area contributed by atoms with Crippen LogP contribution in [0.15, 0.2) is 42.7 Å². The number of hydrogen-bond acceptors (Lipinski definition) is 4. The number of benzene rings is 1. The van der Waals surface area contributed by atoms with Crippen molar-refractivity contribution in [2.24, 2.45) is 0 Å². The smallest absolute Gasteiger partial charge is 0.307 e. The third-order valence-electron chi connectivity index (χ3n) is 4.22. The van der Waals surface area contributed by atoms with Crippen molar-refractivity contribution in [2.75, 3.05) is 0 Å². The van der Waals surface area contributed by atoms with Crippen LogP contribution in [0.2, 0.25) is 0 Å². The molecule has 3 rings (SSSR count). The van der Waals surface area contributed by atoms with Crippen molar-refractivity contribution in [2.45, 2.75) is 43.9 Å². The highest BCUT2D eigenvalue weighted by Crippen LogP contribution is 2.42. The SMILES string of the molecule is O=[N+]([O-])c1cnn([C@H]2C[C@H](OCc3ccccc3)CCC2(F)F)c1. The van der Waals surface area contributed by atoms with Crippen LogP contribution in [-0.2, 0) is 11.3 Å². The summed E-state index contributed by atoms with van der Waals surface area (Å²) in [6, 6.07) is 8.25. The fourth-order valence-electron chi connectivity index (χ4n) is 2.89. The normalized spacial score (nSPS) is 23.1. The quantitative estimate of drug-likeness (QED) is 0.615. The molecule has 0 aliphatic heterocycles. The molecule has 8 heteroatoms.